The van der Waals surface area contributed by atoms with Crippen LogP contribution in [0.1, 0.15) is 28.8 Å². The molecule has 1 heterocycles. The number of nitro benzene ring substituents is 1. The number of nitrogens with zero attached hydrogens (tertiary/aromatic N) is 2. The number of hydrogen-bond acceptors (Lipinski definition) is 6. The number of esters is 1. The highest BCUT2D eigenvalue weighted by Crippen LogP contribution is 2.24. The molecule has 2 aromatic carbocycles. The number of carbonyl (C=O) groups excluding carboxylic acids is 1. The summed E-state index contributed by atoms with van der Waals surface area (Å²) < 4.78 is 5.29. The zero-order chi connectivity index (χ0) is 20.3. The van der Waals surface area contributed by atoms with Crippen molar-refractivity contribution in [2.45, 2.75) is 18.9 Å². The van der Waals surface area contributed by atoms with Crippen molar-refractivity contribution in [1.29, 1.82) is 0 Å². The van der Waals surface area contributed by atoms with Crippen LogP contribution in [0.25, 0.3) is 0 Å². The molecule has 2 aromatic rings. The first-order valence-corrected chi connectivity index (χ1v) is 9.37. The predicted molar refractivity (Wildman–Crippen MR) is 108 cm³/mol. The van der Waals surface area contributed by atoms with Gasteiger partial charge in [0.05, 0.1) is 21.6 Å². The predicted octanol–water partition coefficient (Wildman–Crippen LogP) is 3.60. The second-order valence-corrected chi connectivity index (χ2v) is 7.15. The lowest BCUT2D eigenvalue weighted by Gasteiger charge is -2.31. The average Bonchev–Trinajstić information content (AvgIpc) is 2.68. The van der Waals surface area contributed by atoms with Crippen LogP contribution in [0.4, 0.5) is 5.69 Å². The lowest BCUT2D eigenvalue weighted by molar-refractivity contribution is -0.384. The van der Waals surface area contributed by atoms with Gasteiger partial charge in [-0.2, -0.15) is 0 Å². The van der Waals surface area contributed by atoms with Crippen LogP contribution in [0.3, 0.4) is 0 Å². The number of hydrogen-bond donors (Lipinski definition) is 1. The minimum Gasteiger partial charge on any atom is -0.423 e. The first kappa shape index (κ1) is 20.2. The first-order chi connectivity index (χ1) is 13.3. The Morgan fingerprint density at radius 2 is 1.86 bits per heavy atom. The van der Waals surface area contributed by atoms with Gasteiger partial charge in [0.2, 0.25) is 0 Å². The van der Waals surface area contributed by atoms with E-state index >= 15 is 0 Å². The van der Waals surface area contributed by atoms with Crippen LogP contribution in [0.2, 0.25) is 5.02 Å². The van der Waals surface area contributed by atoms with E-state index in [1.165, 1.54) is 12.1 Å². The number of thiocarbonyl (C=S) groups is 1. The third-order valence-electron chi connectivity index (χ3n) is 4.45. The normalized spacial score (nSPS) is 14.6. The lowest BCUT2D eigenvalue weighted by Crippen LogP contribution is -2.39. The molecule has 146 valence electrons. The first-order valence-electron chi connectivity index (χ1n) is 8.58. The van der Waals surface area contributed by atoms with Crippen LogP contribution >= 0.6 is 23.8 Å². The molecular formula is C19H17ClN2O5S. The molecule has 0 radical (unpaired) electrons. The number of aliphatic hydroxyl groups excluding tert-OH is 1. The Balaban J connectivity index is 1.66. The van der Waals surface area contributed by atoms with Gasteiger partial charge in [-0.1, -0.05) is 23.8 Å². The second kappa shape index (κ2) is 8.64. The molecule has 0 spiro atoms. The molecule has 7 nitrogen and oxygen atoms in total. The largest absolute Gasteiger partial charge is 0.423 e. The third-order valence-corrected chi connectivity index (χ3v) is 5.25. The molecule has 0 aliphatic carbocycles. The van der Waals surface area contributed by atoms with Gasteiger partial charge < -0.3 is 14.7 Å². The van der Waals surface area contributed by atoms with E-state index in [0.29, 0.717) is 36.7 Å². The number of ether oxygens (including phenoxy) is 1. The summed E-state index contributed by atoms with van der Waals surface area (Å²) in [6.07, 6.45) is 1.10. The average molecular weight is 421 g/mol. The number of piperidine rings is 1. The summed E-state index contributed by atoms with van der Waals surface area (Å²) in [6.45, 7) is 1.41. The fourth-order valence-electron chi connectivity index (χ4n) is 2.86. The Bertz CT molecular complexity index is 911. The van der Waals surface area contributed by atoms with Crippen LogP contribution in [-0.4, -0.2) is 45.1 Å². The molecule has 1 saturated heterocycles. The number of benzene rings is 2. The minimum absolute atomic E-state index is 0.0405. The van der Waals surface area contributed by atoms with Crippen molar-refractivity contribution in [3.63, 3.8) is 0 Å². The SMILES string of the molecule is O=C(Oc1ccc(C(=S)N2CCC(O)CC2)cc1)c1ccc([N+](=O)[O-])cc1Cl. The molecule has 9 heteroatoms. The van der Waals surface area contributed by atoms with Gasteiger partial charge in [0.1, 0.15) is 10.7 Å². The van der Waals surface area contributed by atoms with Gasteiger partial charge in [-0.25, -0.2) is 4.79 Å². The van der Waals surface area contributed by atoms with E-state index in [4.69, 9.17) is 28.6 Å². The number of non-ortho nitro benzene ring substituents is 1. The summed E-state index contributed by atoms with van der Waals surface area (Å²) in [5.74, 6) is -0.403. The molecule has 0 bridgehead atoms. The molecule has 1 aliphatic heterocycles. The fraction of sp³-hybridized carbons (Fsp3) is 0.263. The Morgan fingerprint density at radius 3 is 2.43 bits per heavy atom. The molecule has 1 aliphatic rings. The van der Waals surface area contributed by atoms with Gasteiger partial charge in [-0.3, -0.25) is 10.1 Å². The maximum atomic E-state index is 12.3. The number of carbonyl (C=O) groups is 1. The van der Waals surface area contributed by atoms with Gasteiger partial charge in [0, 0.05) is 30.8 Å². The van der Waals surface area contributed by atoms with Gasteiger partial charge in [-0.05, 0) is 43.2 Å². The van der Waals surface area contributed by atoms with E-state index in [2.05, 4.69) is 0 Å². The third kappa shape index (κ3) is 4.64. The van der Waals surface area contributed by atoms with E-state index < -0.39 is 10.9 Å². The van der Waals surface area contributed by atoms with E-state index in [1.807, 2.05) is 4.90 Å². The Kier molecular flexibility index (Phi) is 6.23. The molecule has 1 fully saturated rings. The summed E-state index contributed by atoms with van der Waals surface area (Å²) >= 11 is 11.5. The Hall–Kier alpha value is -2.55. The molecule has 0 saturated carbocycles. The van der Waals surface area contributed by atoms with Crippen LogP contribution in [0.15, 0.2) is 42.5 Å². The molecule has 28 heavy (non-hydrogen) atoms. The summed E-state index contributed by atoms with van der Waals surface area (Å²) in [6, 6.07) is 10.3. The van der Waals surface area contributed by atoms with Crippen molar-refractivity contribution in [3.05, 3.63) is 68.7 Å². The monoisotopic (exact) mass is 420 g/mol. The van der Waals surface area contributed by atoms with Crippen LogP contribution in [0, 0.1) is 10.1 Å². The molecule has 3 rings (SSSR count). The molecule has 0 aromatic heterocycles. The van der Waals surface area contributed by atoms with Crippen LogP contribution in [0.5, 0.6) is 5.75 Å². The lowest BCUT2D eigenvalue weighted by atomic mass is 10.1. The zero-order valence-corrected chi connectivity index (χ0v) is 16.3. The Morgan fingerprint density at radius 1 is 1.21 bits per heavy atom. The summed E-state index contributed by atoms with van der Waals surface area (Å²) in [4.78, 5) is 25.2. The molecule has 1 N–H and O–H groups in total. The number of nitro groups is 1. The summed E-state index contributed by atoms with van der Waals surface area (Å²) in [5.41, 5.74) is 0.656. The van der Waals surface area contributed by atoms with Gasteiger partial charge in [0.25, 0.3) is 5.69 Å². The highest BCUT2D eigenvalue weighted by Gasteiger charge is 2.20. The van der Waals surface area contributed by atoms with E-state index in [0.717, 1.165) is 11.6 Å². The molecule has 0 atom stereocenters. The van der Waals surface area contributed by atoms with Gasteiger partial charge >= 0.3 is 5.97 Å². The standard InChI is InChI=1S/C19H17ClN2O5S/c20-17-11-13(22(25)26)3-6-16(17)19(24)27-15-4-1-12(2-5-15)18(28)21-9-7-14(23)8-10-21/h1-6,11,14,23H,7-10H2. The van der Waals surface area contributed by atoms with Crippen molar-refractivity contribution in [2.75, 3.05) is 13.1 Å². The van der Waals surface area contributed by atoms with Crippen LogP contribution in [-0.2, 0) is 0 Å². The Labute approximate surface area is 171 Å². The highest BCUT2D eigenvalue weighted by molar-refractivity contribution is 7.80. The molecule has 0 unspecified atom stereocenters. The number of halogens is 1. The van der Waals surface area contributed by atoms with Crippen molar-refractivity contribution in [3.8, 4) is 5.75 Å². The zero-order valence-electron chi connectivity index (χ0n) is 14.7. The van der Waals surface area contributed by atoms with E-state index in [9.17, 15) is 20.0 Å². The topological polar surface area (TPSA) is 92.9 Å². The molecule has 0 amide bonds. The van der Waals surface area contributed by atoms with Crippen molar-refractivity contribution in [1.82, 2.24) is 4.90 Å². The minimum atomic E-state index is -0.708. The van der Waals surface area contributed by atoms with Crippen molar-refractivity contribution < 1.29 is 19.6 Å². The van der Waals surface area contributed by atoms with Crippen LogP contribution < -0.4 is 4.74 Å². The number of likely N-dealkylation sites (tertiary alicyclic amines) is 1. The number of aliphatic hydroxyl groups is 1. The second-order valence-electron chi connectivity index (χ2n) is 6.36. The van der Waals surface area contributed by atoms with Crippen molar-refractivity contribution >= 4 is 40.5 Å². The fourth-order valence-corrected chi connectivity index (χ4v) is 3.43. The summed E-state index contributed by atoms with van der Waals surface area (Å²) in [7, 11) is 0. The number of rotatable bonds is 4. The van der Waals surface area contributed by atoms with Gasteiger partial charge in [0.15, 0.2) is 0 Å². The quantitative estimate of drug-likeness (QED) is 0.265. The highest BCUT2D eigenvalue weighted by atomic mass is 35.5. The maximum absolute atomic E-state index is 12.3. The van der Waals surface area contributed by atoms with E-state index in [-0.39, 0.29) is 22.4 Å². The van der Waals surface area contributed by atoms with Gasteiger partial charge in [-0.15, -0.1) is 0 Å². The smallest absolute Gasteiger partial charge is 0.345 e. The van der Waals surface area contributed by atoms with E-state index in [1.54, 1.807) is 24.3 Å². The maximum Gasteiger partial charge on any atom is 0.345 e. The summed E-state index contributed by atoms with van der Waals surface area (Å²) in [5, 5.41) is 20.3. The molecular weight excluding hydrogens is 404 g/mol. The van der Waals surface area contributed by atoms with Crippen molar-refractivity contribution in [2.24, 2.45) is 0 Å².